The number of carbonyl (C=O) groups is 3. The van der Waals surface area contributed by atoms with Crippen LogP contribution in [0.4, 0.5) is 5.69 Å². The van der Waals surface area contributed by atoms with Crippen molar-refractivity contribution in [3.63, 3.8) is 0 Å². The molecule has 2 amide bonds. The van der Waals surface area contributed by atoms with E-state index in [1.54, 1.807) is 49.4 Å². The zero-order chi connectivity index (χ0) is 28.7. The molecule has 204 valence electrons. The van der Waals surface area contributed by atoms with E-state index in [9.17, 15) is 19.5 Å². The molecule has 8 nitrogen and oxygen atoms in total. The summed E-state index contributed by atoms with van der Waals surface area (Å²) in [5.74, 6) is -0.797. The largest absolute Gasteiger partial charge is 0.478 e. The van der Waals surface area contributed by atoms with Gasteiger partial charge in [0.15, 0.2) is 5.65 Å². The number of benzene rings is 3. The molecular weight excluding hydrogens is 516 g/mol. The Morgan fingerprint density at radius 1 is 0.854 bits per heavy atom. The molecule has 41 heavy (non-hydrogen) atoms. The molecule has 0 saturated heterocycles. The molecule has 1 aliphatic heterocycles. The molecule has 0 unspecified atom stereocenters. The molecule has 0 atom stereocenters. The van der Waals surface area contributed by atoms with Crippen molar-refractivity contribution in [1.82, 2.24) is 14.5 Å². The van der Waals surface area contributed by atoms with Crippen molar-refractivity contribution in [1.29, 1.82) is 0 Å². The average molecular weight is 545 g/mol. The van der Waals surface area contributed by atoms with Gasteiger partial charge in [0.2, 0.25) is 0 Å². The number of aryl methyl sites for hydroxylation is 2. The zero-order valence-corrected chi connectivity index (χ0v) is 22.8. The van der Waals surface area contributed by atoms with Gasteiger partial charge >= 0.3 is 5.97 Å². The number of imidazole rings is 1. The highest BCUT2D eigenvalue weighted by molar-refractivity contribution is 6.34. The van der Waals surface area contributed by atoms with Crippen LogP contribution in [0, 0.1) is 6.92 Å². The molecule has 0 spiro atoms. The maximum atomic E-state index is 13.3. The summed E-state index contributed by atoms with van der Waals surface area (Å²) in [4.78, 5) is 49.0. The lowest BCUT2D eigenvalue weighted by atomic mass is 9.99. The van der Waals surface area contributed by atoms with Crippen molar-refractivity contribution >= 4 is 34.6 Å². The lowest BCUT2D eigenvalue weighted by Crippen LogP contribution is -2.30. The lowest BCUT2D eigenvalue weighted by Gasteiger charge is -2.17. The van der Waals surface area contributed by atoms with Gasteiger partial charge in [0, 0.05) is 13.0 Å². The number of imide groups is 1. The molecule has 0 radical (unpaired) electrons. The van der Waals surface area contributed by atoms with Gasteiger partial charge in [0.1, 0.15) is 5.82 Å². The second-order valence-electron chi connectivity index (χ2n) is 10.2. The second-order valence-corrected chi connectivity index (χ2v) is 10.2. The summed E-state index contributed by atoms with van der Waals surface area (Å²) in [6.07, 6.45) is 2.73. The van der Waals surface area contributed by atoms with Gasteiger partial charge in [0.25, 0.3) is 11.8 Å². The number of pyridine rings is 1. The normalized spacial score (nSPS) is 12.8. The van der Waals surface area contributed by atoms with Gasteiger partial charge in [-0.25, -0.2) is 19.7 Å². The van der Waals surface area contributed by atoms with Gasteiger partial charge in [-0.3, -0.25) is 9.59 Å². The Morgan fingerprint density at radius 3 is 2.12 bits per heavy atom. The number of aromatic nitrogens is 3. The summed E-state index contributed by atoms with van der Waals surface area (Å²) in [5.41, 5.74) is 5.83. The summed E-state index contributed by atoms with van der Waals surface area (Å²) in [6, 6.07) is 23.5. The van der Waals surface area contributed by atoms with E-state index in [0.29, 0.717) is 40.3 Å². The molecular formula is C33H28N4O4. The van der Waals surface area contributed by atoms with E-state index < -0.39 is 5.97 Å². The molecule has 0 saturated carbocycles. The molecule has 3 heterocycles. The summed E-state index contributed by atoms with van der Waals surface area (Å²) >= 11 is 0. The van der Waals surface area contributed by atoms with Gasteiger partial charge in [-0.15, -0.1) is 0 Å². The highest BCUT2D eigenvalue weighted by atomic mass is 16.4. The molecule has 5 aromatic rings. The summed E-state index contributed by atoms with van der Waals surface area (Å²) in [6.45, 7) is 4.42. The van der Waals surface area contributed by atoms with Crippen LogP contribution in [0.3, 0.4) is 0 Å². The minimum Gasteiger partial charge on any atom is -0.478 e. The number of anilines is 1. The monoisotopic (exact) mass is 544 g/mol. The molecule has 1 aliphatic rings. The Hall–Kier alpha value is -5.11. The van der Waals surface area contributed by atoms with E-state index in [0.717, 1.165) is 41.7 Å². The smallest absolute Gasteiger partial charge is 0.336 e. The maximum Gasteiger partial charge on any atom is 0.336 e. The van der Waals surface area contributed by atoms with Crippen LogP contribution in [0.15, 0.2) is 78.9 Å². The third-order valence-electron chi connectivity index (χ3n) is 7.54. The topological polar surface area (TPSA) is 105 Å². The number of aromatic carboxylic acids is 1. The standard InChI is InChI=1S/C33H28N4O4/c1-3-4-13-29-35-30-28(18-27(20(2)34-30)37-31(38)24-10-6-7-11-25(24)32(37)39)36(29)19-21-14-16-22(17-15-21)23-9-5-8-12-26(23)33(40)41/h5-12,14-18H,3-4,13,19H2,1-2H3,(H,40,41). The van der Waals surface area contributed by atoms with E-state index in [4.69, 9.17) is 9.97 Å². The zero-order valence-electron chi connectivity index (χ0n) is 22.8. The second kappa shape index (κ2) is 10.5. The first-order valence-electron chi connectivity index (χ1n) is 13.6. The van der Waals surface area contributed by atoms with Crippen LogP contribution in [0.2, 0.25) is 0 Å². The number of carboxylic acids is 1. The highest BCUT2D eigenvalue weighted by Crippen LogP contribution is 2.33. The van der Waals surface area contributed by atoms with Crippen LogP contribution in [0.25, 0.3) is 22.3 Å². The van der Waals surface area contributed by atoms with Gasteiger partial charge < -0.3 is 9.67 Å². The SMILES string of the molecule is CCCCc1nc2nc(C)c(N3C(=O)c4ccccc4C3=O)cc2n1Cc1ccc(-c2ccccc2C(=O)O)cc1. The third-order valence-corrected chi connectivity index (χ3v) is 7.54. The van der Waals surface area contributed by atoms with Crippen LogP contribution >= 0.6 is 0 Å². The van der Waals surface area contributed by atoms with Crippen LogP contribution < -0.4 is 4.90 Å². The predicted octanol–water partition coefficient (Wildman–Crippen LogP) is 6.30. The molecule has 0 aliphatic carbocycles. The number of fused-ring (bicyclic) bond motifs is 2. The third kappa shape index (κ3) is 4.57. The fourth-order valence-electron chi connectivity index (χ4n) is 5.40. The van der Waals surface area contributed by atoms with Crippen LogP contribution in [-0.4, -0.2) is 37.4 Å². The fraction of sp³-hybridized carbons (Fsp3) is 0.182. The minimum absolute atomic E-state index is 0.254. The Bertz CT molecular complexity index is 1800. The number of carboxylic acid groups (broad SMARTS) is 1. The molecule has 0 bridgehead atoms. The van der Waals surface area contributed by atoms with Crippen molar-refractivity contribution in [2.45, 2.75) is 39.7 Å². The van der Waals surface area contributed by atoms with Crippen molar-refractivity contribution < 1.29 is 19.5 Å². The Labute approximate surface area is 236 Å². The fourth-order valence-corrected chi connectivity index (χ4v) is 5.40. The van der Waals surface area contributed by atoms with Gasteiger partial charge in [-0.2, -0.15) is 0 Å². The molecule has 1 N–H and O–H groups in total. The molecule has 3 aromatic carbocycles. The lowest BCUT2D eigenvalue weighted by molar-refractivity contribution is 0.0697. The summed E-state index contributed by atoms with van der Waals surface area (Å²) in [7, 11) is 0. The highest BCUT2D eigenvalue weighted by Gasteiger charge is 2.37. The number of carbonyl (C=O) groups excluding carboxylic acids is 2. The minimum atomic E-state index is -0.966. The summed E-state index contributed by atoms with van der Waals surface area (Å²) in [5, 5.41) is 9.60. The maximum absolute atomic E-state index is 13.3. The Kier molecular flexibility index (Phi) is 6.67. The summed E-state index contributed by atoms with van der Waals surface area (Å²) < 4.78 is 2.10. The number of amides is 2. The van der Waals surface area contributed by atoms with Gasteiger partial charge in [-0.05, 0) is 54.3 Å². The van der Waals surface area contributed by atoms with E-state index in [2.05, 4.69) is 11.5 Å². The van der Waals surface area contributed by atoms with Crippen molar-refractivity contribution in [2.24, 2.45) is 0 Å². The first-order valence-corrected chi connectivity index (χ1v) is 13.6. The van der Waals surface area contributed by atoms with Crippen molar-refractivity contribution in [3.05, 3.63) is 113 Å². The Balaban J connectivity index is 1.40. The predicted molar refractivity (Wildman–Crippen MR) is 156 cm³/mol. The van der Waals surface area contributed by atoms with Crippen LogP contribution in [0.5, 0.6) is 0 Å². The van der Waals surface area contributed by atoms with Gasteiger partial charge in [0.05, 0.1) is 33.6 Å². The van der Waals surface area contributed by atoms with E-state index in [1.165, 1.54) is 4.90 Å². The quantitative estimate of drug-likeness (QED) is 0.230. The van der Waals surface area contributed by atoms with Crippen LogP contribution in [-0.2, 0) is 13.0 Å². The van der Waals surface area contributed by atoms with Crippen molar-refractivity contribution in [3.8, 4) is 11.1 Å². The number of hydrogen-bond acceptors (Lipinski definition) is 5. The van der Waals surface area contributed by atoms with Gasteiger partial charge in [-0.1, -0.05) is 67.9 Å². The van der Waals surface area contributed by atoms with E-state index in [1.807, 2.05) is 36.4 Å². The number of unbranched alkanes of at least 4 members (excludes halogenated alkanes) is 1. The average Bonchev–Trinajstić information content (AvgIpc) is 3.44. The molecule has 6 rings (SSSR count). The first kappa shape index (κ1) is 26.1. The molecule has 2 aromatic heterocycles. The van der Waals surface area contributed by atoms with E-state index >= 15 is 0 Å². The number of rotatable bonds is 8. The molecule has 8 heteroatoms. The van der Waals surface area contributed by atoms with E-state index in [-0.39, 0.29) is 17.4 Å². The number of nitrogens with zero attached hydrogens (tertiary/aromatic N) is 4. The van der Waals surface area contributed by atoms with Crippen LogP contribution in [0.1, 0.15) is 67.9 Å². The Morgan fingerprint density at radius 2 is 1.49 bits per heavy atom. The number of hydrogen-bond donors (Lipinski definition) is 1. The molecule has 0 fully saturated rings. The van der Waals surface area contributed by atoms with Crippen molar-refractivity contribution in [2.75, 3.05) is 4.90 Å². The first-order chi connectivity index (χ1) is 19.9.